The van der Waals surface area contributed by atoms with E-state index in [0.717, 1.165) is 78.2 Å². The summed E-state index contributed by atoms with van der Waals surface area (Å²) >= 11 is 2.91. The Morgan fingerprint density at radius 2 is 1.81 bits per heavy atom. The lowest BCUT2D eigenvalue weighted by atomic mass is 9.93. The summed E-state index contributed by atoms with van der Waals surface area (Å²) in [5, 5.41) is 13.5. The summed E-state index contributed by atoms with van der Waals surface area (Å²) in [6.07, 6.45) is 6.62. The molecule has 0 bridgehead atoms. The second kappa shape index (κ2) is 14.9. The van der Waals surface area contributed by atoms with Gasteiger partial charge in [-0.2, -0.15) is 5.48 Å². The third kappa shape index (κ3) is 9.15. The second-order valence-corrected chi connectivity index (χ2v) is 11.7. The lowest BCUT2D eigenvalue weighted by Crippen LogP contribution is -2.74. The van der Waals surface area contributed by atoms with Crippen molar-refractivity contribution in [3.8, 4) is 0 Å². The molecule has 5 N–H and O–H groups in total. The van der Waals surface area contributed by atoms with Crippen LogP contribution in [0.4, 0.5) is 15.8 Å². The number of hydrogen-bond donors (Lipinski definition) is 4. The molecule has 37 heavy (non-hydrogen) atoms. The number of halogens is 1. The van der Waals surface area contributed by atoms with E-state index >= 15 is 0 Å². The molecule has 1 aliphatic carbocycles. The van der Waals surface area contributed by atoms with Gasteiger partial charge in [0, 0.05) is 34.8 Å². The number of carbonyl (C=O) groups is 1. The van der Waals surface area contributed by atoms with Crippen LogP contribution in [0, 0.1) is 5.82 Å². The van der Waals surface area contributed by atoms with Crippen molar-refractivity contribution >= 4 is 41.0 Å². The summed E-state index contributed by atoms with van der Waals surface area (Å²) in [5.74, 6) is 0.450. The van der Waals surface area contributed by atoms with E-state index in [1.807, 2.05) is 32.3 Å². The van der Waals surface area contributed by atoms with E-state index in [2.05, 4.69) is 14.9 Å². The highest BCUT2D eigenvalue weighted by Crippen LogP contribution is 2.32. The lowest BCUT2D eigenvalue weighted by molar-refractivity contribution is -0.825. The topological polar surface area (TPSA) is 90.4 Å². The van der Waals surface area contributed by atoms with Crippen LogP contribution in [0.25, 0.3) is 0 Å². The average Bonchev–Trinajstić information content (AvgIpc) is 3.16. The number of nitrogens with two attached hydrogens (primary N) is 1. The van der Waals surface area contributed by atoms with Gasteiger partial charge in [0.15, 0.2) is 5.69 Å². The summed E-state index contributed by atoms with van der Waals surface area (Å²) in [7, 11) is 5.70. The molecule has 0 aromatic heterocycles. The molecule has 1 aliphatic rings. The van der Waals surface area contributed by atoms with Crippen molar-refractivity contribution in [1.29, 1.82) is 0 Å². The van der Waals surface area contributed by atoms with Gasteiger partial charge in [0.1, 0.15) is 11.4 Å². The first-order valence-electron chi connectivity index (χ1n) is 12.8. The van der Waals surface area contributed by atoms with Crippen LogP contribution in [-0.4, -0.2) is 61.2 Å². The first-order chi connectivity index (χ1) is 17.8. The maximum absolute atomic E-state index is 13.3. The Morgan fingerprint density at radius 3 is 2.43 bits per heavy atom. The largest absolute Gasteiger partial charge is 0.377 e. The molecule has 0 radical (unpaired) electrons. The SMILES string of the molecule is COC1(C(=O)NSc2ccc(NC(CCN(C)C)CSc3ccc(F)cc3)c([NH2+]O)c2)CCCCCC1. The van der Waals surface area contributed by atoms with Crippen LogP contribution >= 0.6 is 23.7 Å². The number of benzene rings is 2. The predicted octanol–water partition coefficient (Wildman–Crippen LogP) is 4.80. The Hall–Kier alpha value is -1.82. The predicted molar refractivity (Wildman–Crippen MR) is 149 cm³/mol. The van der Waals surface area contributed by atoms with Gasteiger partial charge in [0.2, 0.25) is 0 Å². The van der Waals surface area contributed by atoms with E-state index in [1.54, 1.807) is 31.0 Å². The summed E-state index contributed by atoms with van der Waals surface area (Å²) in [6, 6.07) is 12.4. The van der Waals surface area contributed by atoms with Crippen LogP contribution in [-0.2, 0) is 9.53 Å². The van der Waals surface area contributed by atoms with Gasteiger partial charge in [-0.15, -0.1) is 11.8 Å². The molecule has 1 amide bonds. The number of anilines is 1. The molecule has 0 saturated heterocycles. The number of rotatable bonds is 13. The monoisotopic (exact) mass is 551 g/mol. The molecule has 1 atom stereocenters. The Kier molecular flexibility index (Phi) is 12.0. The molecule has 1 fully saturated rings. The molecule has 7 nitrogen and oxygen atoms in total. The molecule has 3 rings (SSSR count). The number of nitrogens with one attached hydrogen (secondary N) is 2. The molecular weight excluding hydrogens is 511 g/mol. The van der Waals surface area contributed by atoms with Gasteiger partial charge in [-0.05, 0) is 88.2 Å². The maximum atomic E-state index is 13.3. The Labute approximate surface area is 228 Å². The molecule has 1 unspecified atom stereocenters. The number of quaternary nitrogens is 1. The Balaban J connectivity index is 1.64. The Bertz CT molecular complexity index is 986. The first-order valence-corrected chi connectivity index (χ1v) is 14.6. The van der Waals surface area contributed by atoms with Crippen molar-refractivity contribution in [1.82, 2.24) is 9.62 Å². The minimum absolute atomic E-state index is 0.0970. The van der Waals surface area contributed by atoms with Gasteiger partial charge >= 0.3 is 0 Å². The highest BCUT2D eigenvalue weighted by Gasteiger charge is 2.38. The fourth-order valence-corrected chi connectivity index (χ4v) is 6.11. The van der Waals surface area contributed by atoms with Crippen LogP contribution in [0.1, 0.15) is 44.9 Å². The zero-order valence-electron chi connectivity index (χ0n) is 22.0. The molecule has 0 spiro atoms. The molecule has 204 valence electrons. The second-order valence-electron chi connectivity index (χ2n) is 9.72. The van der Waals surface area contributed by atoms with Crippen LogP contribution < -0.4 is 15.5 Å². The standard InChI is InChI=1S/C27H39FN4O3S2/c1-32(2)17-14-21(19-36-22-10-8-20(28)9-11-22)29-24-13-12-23(18-25(24)30-34)37-31-26(33)27(35-3)15-6-4-5-7-16-27/h8-13,18,21,29-30,34H,4-7,14-17,19H2,1-3H3,(H,31,33)/p+1. The third-order valence-electron chi connectivity index (χ3n) is 6.69. The first kappa shape index (κ1) is 29.7. The van der Waals surface area contributed by atoms with Gasteiger partial charge < -0.3 is 15.0 Å². The van der Waals surface area contributed by atoms with Gasteiger partial charge in [-0.1, -0.05) is 25.7 Å². The molecule has 0 heterocycles. The molecule has 2 aromatic carbocycles. The van der Waals surface area contributed by atoms with Gasteiger partial charge in [-0.3, -0.25) is 9.52 Å². The minimum Gasteiger partial charge on any atom is -0.377 e. The van der Waals surface area contributed by atoms with Crippen LogP contribution in [0.5, 0.6) is 0 Å². The van der Waals surface area contributed by atoms with Gasteiger partial charge in [-0.25, -0.2) is 9.60 Å². The van der Waals surface area contributed by atoms with Crippen molar-refractivity contribution in [2.75, 3.05) is 38.8 Å². The fourth-order valence-electron chi connectivity index (χ4n) is 4.42. The van der Waals surface area contributed by atoms with Gasteiger partial charge in [0.05, 0.1) is 5.69 Å². The van der Waals surface area contributed by atoms with Crippen molar-refractivity contribution in [3.05, 3.63) is 48.3 Å². The van der Waals surface area contributed by atoms with Crippen LogP contribution in [0.3, 0.4) is 0 Å². The smallest absolute Gasteiger partial charge is 0.262 e. The highest BCUT2D eigenvalue weighted by atomic mass is 32.2. The summed E-state index contributed by atoms with van der Waals surface area (Å²) in [6.45, 7) is 0.904. The minimum atomic E-state index is -0.765. The van der Waals surface area contributed by atoms with Crippen LogP contribution in [0.15, 0.2) is 52.3 Å². The third-order valence-corrected chi connectivity index (χ3v) is 8.64. The van der Waals surface area contributed by atoms with Crippen molar-refractivity contribution in [3.63, 3.8) is 0 Å². The van der Waals surface area contributed by atoms with E-state index in [4.69, 9.17) is 4.74 Å². The fraction of sp³-hybridized carbons (Fsp3) is 0.519. The van der Waals surface area contributed by atoms with E-state index in [1.165, 1.54) is 24.1 Å². The molecule has 1 saturated carbocycles. The summed E-state index contributed by atoms with van der Waals surface area (Å²) in [4.78, 5) is 17.0. The molecule has 0 aliphatic heterocycles. The number of hydrogen-bond acceptors (Lipinski definition) is 7. The molecular formula is C27H40FN4O3S2+. The quantitative estimate of drug-likeness (QED) is 0.0935. The lowest BCUT2D eigenvalue weighted by Gasteiger charge is -2.29. The zero-order chi connectivity index (χ0) is 26.7. The zero-order valence-corrected chi connectivity index (χ0v) is 23.6. The van der Waals surface area contributed by atoms with Crippen LogP contribution in [0.2, 0.25) is 0 Å². The van der Waals surface area contributed by atoms with E-state index in [9.17, 15) is 14.4 Å². The summed E-state index contributed by atoms with van der Waals surface area (Å²) in [5.41, 5.74) is 1.79. The number of carbonyl (C=O) groups excluding carboxylic acids is 1. The van der Waals surface area contributed by atoms with Crippen molar-refractivity contribution < 1.29 is 24.6 Å². The van der Waals surface area contributed by atoms with E-state index < -0.39 is 5.60 Å². The highest BCUT2D eigenvalue weighted by molar-refractivity contribution is 7.99. The van der Waals surface area contributed by atoms with Crippen molar-refractivity contribution in [2.45, 2.75) is 66.4 Å². The molecule has 10 heteroatoms. The van der Waals surface area contributed by atoms with E-state index in [-0.39, 0.29) is 17.8 Å². The van der Waals surface area contributed by atoms with Crippen molar-refractivity contribution in [2.24, 2.45) is 0 Å². The van der Waals surface area contributed by atoms with Gasteiger partial charge in [0.25, 0.3) is 5.91 Å². The average molecular weight is 552 g/mol. The number of ether oxygens (including phenoxy) is 1. The normalized spacial score (nSPS) is 16.3. The summed E-state index contributed by atoms with van der Waals surface area (Å²) < 4.78 is 21.9. The Morgan fingerprint density at radius 1 is 1.14 bits per heavy atom. The molecule has 2 aromatic rings. The number of thioether (sulfide) groups is 1. The van der Waals surface area contributed by atoms with E-state index in [0.29, 0.717) is 5.69 Å². The maximum Gasteiger partial charge on any atom is 0.262 e. The number of amides is 1. The number of nitrogens with zero attached hydrogens (tertiary/aromatic N) is 1. The number of methoxy groups -OCH3 is 1.